The van der Waals surface area contributed by atoms with Gasteiger partial charge in [-0.2, -0.15) is 5.10 Å². The van der Waals surface area contributed by atoms with Gasteiger partial charge in [0.05, 0.1) is 19.9 Å². The Labute approximate surface area is 121 Å². The van der Waals surface area contributed by atoms with E-state index in [1.54, 1.807) is 26.4 Å². The van der Waals surface area contributed by atoms with Gasteiger partial charge in [0.2, 0.25) is 0 Å². The standard InChI is InChI=1S/C14H17N3O4/c1-20-11-5-9(6-12(8-11)21-2)3-4-10-7-13(15)17(16-10)14(18)19/h5-8H,3-4,15H2,1-2H3,(H,18,19). The number of nitrogens with zero attached hydrogens (tertiary/aromatic N) is 2. The molecule has 2 rings (SSSR count). The van der Waals surface area contributed by atoms with Crippen molar-refractivity contribution in [3.8, 4) is 11.5 Å². The molecule has 7 heteroatoms. The minimum Gasteiger partial charge on any atom is -0.497 e. The van der Waals surface area contributed by atoms with Crippen molar-refractivity contribution >= 4 is 11.9 Å². The summed E-state index contributed by atoms with van der Waals surface area (Å²) in [6.07, 6.45) is 0.0477. The molecule has 112 valence electrons. The number of carbonyl (C=O) groups is 1. The quantitative estimate of drug-likeness (QED) is 0.871. The lowest BCUT2D eigenvalue weighted by Crippen LogP contribution is -2.12. The number of aromatic nitrogens is 2. The van der Waals surface area contributed by atoms with Crippen LogP contribution in [-0.4, -0.2) is 35.2 Å². The molecule has 0 saturated heterocycles. The Bertz CT molecular complexity index is 629. The van der Waals surface area contributed by atoms with Gasteiger partial charge in [0.25, 0.3) is 0 Å². The van der Waals surface area contributed by atoms with Gasteiger partial charge in [-0.05, 0) is 30.5 Å². The Morgan fingerprint density at radius 3 is 2.29 bits per heavy atom. The molecule has 0 fully saturated rings. The maximum Gasteiger partial charge on any atom is 0.434 e. The molecule has 0 aliphatic rings. The summed E-state index contributed by atoms with van der Waals surface area (Å²) in [5.41, 5.74) is 7.21. The number of nitrogens with two attached hydrogens (primary N) is 1. The van der Waals surface area contributed by atoms with E-state index in [9.17, 15) is 4.79 Å². The number of aryl methyl sites for hydroxylation is 2. The summed E-state index contributed by atoms with van der Waals surface area (Å²) < 4.78 is 11.2. The average Bonchev–Trinajstić information content (AvgIpc) is 2.86. The molecule has 3 N–H and O–H groups in total. The third-order valence-corrected chi connectivity index (χ3v) is 3.05. The Balaban J connectivity index is 2.12. The molecule has 7 nitrogen and oxygen atoms in total. The van der Waals surface area contributed by atoms with E-state index in [1.807, 2.05) is 12.1 Å². The SMILES string of the molecule is COc1cc(CCc2cc(N)n(C(=O)O)n2)cc(OC)c1. The number of hydrogen-bond donors (Lipinski definition) is 2. The highest BCUT2D eigenvalue weighted by Crippen LogP contribution is 2.23. The predicted molar refractivity (Wildman–Crippen MR) is 77.0 cm³/mol. The van der Waals surface area contributed by atoms with Crippen LogP contribution in [0.3, 0.4) is 0 Å². The number of methoxy groups -OCH3 is 2. The molecule has 0 spiro atoms. The van der Waals surface area contributed by atoms with Crippen LogP contribution >= 0.6 is 0 Å². The van der Waals surface area contributed by atoms with Gasteiger partial charge in [-0.15, -0.1) is 4.68 Å². The van der Waals surface area contributed by atoms with Crippen molar-refractivity contribution in [1.82, 2.24) is 9.78 Å². The van der Waals surface area contributed by atoms with Crippen LogP contribution < -0.4 is 15.2 Å². The number of ether oxygens (including phenoxy) is 2. The Morgan fingerprint density at radius 2 is 1.81 bits per heavy atom. The van der Waals surface area contributed by atoms with Crippen molar-refractivity contribution < 1.29 is 19.4 Å². The molecule has 1 aromatic heterocycles. The normalized spacial score (nSPS) is 10.4. The van der Waals surface area contributed by atoms with Gasteiger partial charge in [-0.3, -0.25) is 0 Å². The van der Waals surface area contributed by atoms with Gasteiger partial charge in [0.1, 0.15) is 17.3 Å². The van der Waals surface area contributed by atoms with Gasteiger partial charge >= 0.3 is 6.09 Å². The van der Waals surface area contributed by atoms with Crippen LogP contribution in [-0.2, 0) is 12.8 Å². The van der Waals surface area contributed by atoms with Crippen molar-refractivity contribution in [3.63, 3.8) is 0 Å². The van der Waals surface area contributed by atoms with E-state index in [-0.39, 0.29) is 5.82 Å². The summed E-state index contributed by atoms with van der Waals surface area (Å²) in [5.74, 6) is 1.53. The third-order valence-electron chi connectivity index (χ3n) is 3.05. The van der Waals surface area contributed by atoms with Crippen molar-refractivity contribution in [1.29, 1.82) is 0 Å². The first kappa shape index (κ1) is 14.7. The highest BCUT2D eigenvalue weighted by molar-refractivity contribution is 5.71. The van der Waals surface area contributed by atoms with Crippen molar-refractivity contribution in [2.45, 2.75) is 12.8 Å². The zero-order valence-corrected chi connectivity index (χ0v) is 11.9. The Morgan fingerprint density at radius 1 is 1.19 bits per heavy atom. The van der Waals surface area contributed by atoms with E-state index in [0.717, 1.165) is 10.2 Å². The lowest BCUT2D eigenvalue weighted by atomic mass is 10.1. The summed E-state index contributed by atoms with van der Waals surface area (Å²) in [6.45, 7) is 0. The molecule has 0 atom stereocenters. The lowest BCUT2D eigenvalue weighted by Gasteiger charge is -2.07. The van der Waals surface area contributed by atoms with E-state index in [4.69, 9.17) is 20.3 Å². The van der Waals surface area contributed by atoms with Crippen molar-refractivity contribution in [3.05, 3.63) is 35.5 Å². The first-order valence-corrected chi connectivity index (χ1v) is 6.33. The average molecular weight is 291 g/mol. The molecule has 0 aliphatic carbocycles. The van der Waals surface area contributed by atoms with Crippen LogP contribution in [0.2, 0.25) is 0 Å². The highest BCUT2D eigenvalue weighted by atomic mass is 16.5. The second kappa shape index (κ2) is 6.17. The molecule has 0 unspecified atom stereocenters. The van der Waals surface area contributed by atoms with Crippen LogP contribution in [0.15, 0.2) is 24.3 Å². The Kier molecular flexibility index (Phi) is 4.32. The van der Waals surface area contributed by atoms with Gasteiger partial charge in [-0.1, -0.05) is 0 Å². The first-order valence-electron chi connectivity index (χ1n) is 6.33. The van der Waals surface area contributed by atoms with Gasteiger partial charge in [0.15, 0.2) is 0 Å². The Hall–Kier alpha value is -2.70. The maximum atomic E-state index is 10.9. The van der Waals surface area contributed by atoms with Crippen LogP contribution in [0.25, 0.3) is 0 Å². The second-order valence-corrected chi connectivity index (χ2v) is 4.48. The number of carboxylic acid groups (broad SMARTS) is 1. The van der Waals surface area contributed by atoms with Crippen molar-refractivity contribution in [2.24, 2.45) is 0 Å². The first-order chi connectivity index (χ1) is 10.0. The van der Waals surface area contributed by atoms with E-state index in [1.165, 1.54) is 0 Å². The second-order valence-electron chi connectivity index (χ2n) is 4.48. The largest absolute Gasteiger partial charge is 0.497 e. The molecular formula is C14H17N3O4. The minimum atomic E-state index is -1.19. The monoisotopic (exact) mass is 291 g/mol. The summed E-state index contributed by atoms with van der Waals surface area (Å²) in [6, 6.07) is 7.16. The van der Waals surface area contributed by atoms with Crippen LogP contribution in [0.1, 0.15) is 11.3 Å². The van der Waals surface area contributed by atoms with Crippen molar-refractivity contribution in [2.75, 3.05) is 20.0 Å². The number of rotatable bonds is 5. The number of benzene rings is 1. The third kappa shape index (κ3) is 3.44. The summed E-state index contributed by atoms with van der Waals surface area (Å²) in [7, 11) is 3.18. The van der Waals surface area contributed by atoms with E-state index < -0.39 is 6.09 Å². The molecule has 1 aromatic carbocycles. The van der Waals surface area contributed by atoms with Gasteiger partial charge in [-0.25, -0.2) is 4.79 Å². The molecule has 0 amide bonds. The number of hydrogen-bond acceptors (Lipinski definition) is 5. The fourth-order valence-corrected chi connectivity index (χ4v) is 2.01. The summed E-state index contributed by atoms with van der Waals surface area (Å²) in [4.78, 5) is 10.9. The van der Waals surface area contributed by atoms with Crippen LogP contribution in [0.5, 0.6) is 11.5 Å². The number of anilines is 1. The van der Waals surface area contributed by atoms with E-state index in [2.05, 4.69) is 5.10 Å². The topological polar surface area (TPSA) is 99.6 Å². The molecule has 0 bridgehead atoms. The minimum absolute atomic E-state index is 0.112. The fourth-order valence-electron chi connectivity index (χ4n) is 2.01. The molecule has 21 heavy (non-hydrogen) atoms. The van der Waals surface area contributed by atoms with E-state index in [0.29, 0.717) is 30.0 Å². The van der Waals surface area contributed by atoms with Crippen LogP contribution in [0, 0.1) is 0 Å². The molecular weight excluding hydrogens is 274 g/mol. The highest BCUT2D eigenvalue weighted by Gasteiger charge is 2.11. The maximum absolute atomic E-state index is 10.9. The zero-order chi connectivity index (χ0) is 15.4. The molecule has 0 aliphatic heterocycles. The van der Waals surface area contributed by atoms with Gasteiger partial charge < -0.3 is 20.3 Å². The molecule has 2 aromatic rings. The summed E-state index contributed by atoms with van der Waals surface area (Å²) >= 11 is 0. The zero-order valence-electron chi connectivity index (χ0n) is 11.9. The lowest BCUT2D eigenvalue weighted by molar-refractivity contribution is 0.193. The number of nitrogen functional groups attached to an aromatic ring is 1. The summed E-state index contributed by atoms with van der Waals surface area (Å²) in [5, 5.41) is 12.8. The van der Waals surface area contributed by atoms with Crippen LogP contribution in [0.4, 0.5) is 10.6 Å². The smallest absolute Gasteiger partial charge is 0.434 e. The molecule has 1 heterocycles. The van der Waals surface area contributed by atoms with E-state index >= 15 is 0 Å². The molecule has 0 saturated carbocycles. The predicted octanol–water partition coefficient (Wildman–Crippen LogP) is 1.79. The fraction of sp³-hybridized carbons (Fsp3) is 0.286. The van der Waals surface area contributed by atoms with Gasteiger partial charge in [0, 0.05) is 12.1 Å². The molecule has 0 radical (unpaired) electrons.